The van der Waals surface area contributed by atoms with Gasteiger partial charge in [-0.3, -0.25) is 4.79 Å². The molecule has 21 heavy (non-hydrogen) atoms. The first-order valence-electron chi connectivity index (χ1n) is 6.75. The number of sulfonamides is 1. The highest BCUT2D eigenvalue weighted by Crippen LogP contribution is 2.23. The predicted octanol–water partition coefficient (Wildman–Crippen LogP) is 0.504. The van der Waals surface area contributed by atoms with E-state index in [-0.39, 0.29) is 10.8 Å². The fraction of sp³-hybridized carbons (Fsp3) is 0.462. The molecule has 1 aromatic rings. The van der Waals surface area contributed by atoms with Gasteiger partial charge in [0.25, 0.3) is 0 Å². The number of rotatable bonds is 7. The number of likely N-dealkylation sites (N-methyl/N-ethyl adjacent to an activating group) is 1. The van der Waals surface area contributed by atoms with Gasteiger partial charge < -0.3 is 16.4 Å². The molecule has 5 N–H and O–H groups in total. The second kappa shape index (κ2) is 7.28. The predicted molar refractivity (Wildman–Crippen MR) is 83.5 cm³/mol. The van der Waals surface area contributed by atoms with Crippen molar-refractivity contribution < 1.29 is 13.2 Å². The summed E-state index contributed by atoms with van der Waals surface area (Å²) in [6.07, 6.45) is 0. The number of anilines is 2. The molecule has 7 nitrogen and oxygen atoms in total. The van der Waals surface area contributed by atoms with E-state index in [9.17, 15) is 13.2 Å². The molecule has 0 radical (unpaired) electrons. The van der Waals surface area contributed by atoms with E-state index >= 15 is 0 Å². The van der Waals surface area contributed by atoms with Gasteiger partial charge in [-0.2, -0.15) is 0 Å². The van der Waals surface area contributed by atoms with Crippen LogP contribution in [0.3, 0.4) is 0 Å². The summed E-state index contributed by atoms with van der Waals surface area (Å²) in [6, 6.07) is 3.82. The van der Waals surface area contributed by atoms with Crippen molar-refractivity contribution in [3.63, 3.8) is 0 Å². The van der Waals surface area contributed by atoms with Gasteiger partial charge in [-0.05, 0) is 32.0 Å². The molecule has 0 saturated heterocycles. The minimum Gasteiger partial charge on any atom is -0.397 e. The highest BCUT2D eigenvalue weighted by Gasteiger charge is 2.17. The zero-order valence-corrected chi connectivity index (χ0v) is 13.3. The maximum Gasteiger partial charge on any atom is 0.242 e. The van der Waals surface area contributed by atoms with Crippen LogP contribution in [0, 0.1) is 0 Å². The van der Waals surface area contributed by atoms with Crippen molar-refractivity contribution in [1.82, 2.24) is 10.0 Å². The van der Waals surface area contributed by atoms with Gasteiger partial charge >= 0.3 is 0 Å². The first kappa shape index (κ1) is 17.3. The summed E-state index contributed by atoms with van der Waals surface area (Å²) < 4.78 is 26.3. The van der Waals surface area contributed by atoms with E-state index < -0.39 is 16.1 Å². The zero-order chi connectivity index (χ0) is 16.0. The van der Waals surface area contributed by atoms with Gasteiger partial charge in [0.15, 0.2) is 0 Å². The number of hydrogen-bond acceptors (Lipinski definition) is 5. The number of carbonyl (C=O) groups excluding carboxylic acids is 1. The molecule has 0 saturated carbocycles. The van der Waals surface area contributed by atoms with Gasteiger partial charge in [-0.15, -0.1) is 0 Å². The second-order valence-corrected chi connectivity index (χ2v) is 6.28. The molecule has 1 aromatic carbocycles. The molecule has 0 fully saturated rings. The minimum absolute atomic E-state index is 0.101. The van der Waals surface area contributed by atoms with Crippen LogP contribution in [0.25, 0.3) is 0 Å². The van der Waals surface area contributed by atoms with Crippen LogP contribution in [0.15, 0.2) is 23.1 Å². The third-order valence-corrected chi connectivity index (χ3v) is 4.33. The van der Waals surface area contributed by atoms with E-state index in [1.165, 1.54) is 18.2 Å². The number of carbonyl (C=O) groups is 1. The summed E-state index contributed by atoms with van der Waals surface area (Å²) in [7, 11) is -3.56. The summed E-state index contributed by atoms with van der Waals surface area (Å²) in [5.41, 5.74) is 6.61. The number of amides is 1. The molecular formula is C13H22N4O3S. The zero-order valence-electron chi connectivity index (χ0n) is 12.4. The second-order valence-electron chi connectivity index (χ2n) is 4.51. The molecule has 0 aromatic heterocycles. The first-order valence-corrected chi connectivity index (χ1v) is 8.23. The van der Waals surface area contributed by atoms with Gasteiger partial charge in [0.2, 0.25) is 15.9 Å². The monoisotopic (exact) mass is 314 g/mol. The van der Waals surface area contributed by atoms with Crippen molar-refractivity contribution in [3.8, 4) is 0 Å². The van der Waals surface area contributed by atoms with E-state index in [0.29, 0.717) is 24.5 Å². The Kier molecular flexibility index (Phi) is 5.98. The fourth-order valence-electron chi connectivity index (χ4n) is 1.73. The maximum absolute atomic E-state index is 12.0. The van der Waals surface area contributed by atoms with Crippen molar-refractivity contribution in [1.29, 1.82) is 0 Å². The Labute approximate surface area is 125 Å². The highest BCUT2D eigenvalue weighted by molar-refractivity contribution is 7.89. The number of nitrogens with one attached hydrogen (secondary N) is 3. The lowest BCUT2D eigenvalue weighted by Crippen LogP contribution is -2.37. The Bertz CT molecular complexity index is 601. The smallest absolute Gasteiger partial charge is 0.242 e. The standard InChI is InChI=1S/C13H22N4O3S/c1-4-15-13(18)9(3)17-12-8-10(6-7-11(12)14)21(19,20)16-5-2/h6-9,16-17H,4-5,14H2,1-3H3,(H,15,18). The lowest BCUT2D eigenvalue weighted by atomic mass is 10.2. The van der Waals surface area contributed by atoms with Gasteiger partial charge in [0, 0.05) is 13.1 Å². The molecule has 0 heterocycles. The van der Waals surface area contributed by atoms with E-state index in [1.54, 1.807) is 13.8 Å². The lowest BCUT2D eigenvalue weighted by molar-refractivity contribution is -0.121. The number of nitrogens with two attached hydrogens (primary N) is 1. The van der Waals surface area contributed by atoms with Gasteiger partial charge in [0.05, 0.1) is 16.3 Å². The average Bonchev–Trinajstić information content (AvgIpc) is 2.41. The van der Waals surface area contributed by atoms with E-state index in [1.807, 2.05) is 6.92 Å². The summed E-state index contributed by atoms with van der Waals surface area (Å²) in [4.78, 5) is 11.8. The Morgan fingerprint density at radius 3 is 2.52 bits per heavy atom. The molecule has 1 atom stereocenters. The summed E-state index contributed by atoms with van der Waals surface area (Å²) in [5, 5.41) is 5.60. The van der Waals surface area contributed by atoms with Crippen LogP contribution >= 0.6 is 0 Å². The van der Waals surface area contributed by atoms with Crippen molar-refractivity contribution in [2.45, 2.75) is 31.7 Å². The van der Waals surface area contributed by atoms with Crippen LogP contribution in [0.2, 0.25) is 0 Å². The minimum atomic E-state index is -3.56. The summed E-state index contributed by atoms with van der Waals surface area (Å²) >= 11 is 0. The van der Waals surface area contributed by atoms with Crippen LogP contribution in [0.4, 0.5) is 11.4 Å². The van der Waals surface area contributed by atoms with Crippen LogP contribution in [0.5, 0.6) is 0 Å². The first-order chi connectivity index (χ1) is 9.81. The van der Waals surface area contributed by atoms with Crippen LogP contribution < -0.4 is 21.1 Å². The van der Waals surface area contributed by atoms with E-state index in [4.69, 9.17) is 5.73 Å². The molecule has 8 heteroatoms. The Morgan fingerprint density at radius 2 is 1.95 bits per heavy atom. The van der Waals surface area contributed by atoms with Crippen molar-refractivity contribution >= 4 is 27.3 Å². The number of hydrogen-bond donors (Lipinski definition) is 4. The van der Waals surface area contributed by atoms with E-state index in [2.05, 4.69) is 15.4 Å². The largest absolute Gasteiger partial charge is 0.397 e. The van der Waals surface area contributed by atoms with Gasteiger partial charge in [-0.1, -0.05) is 6.92 Å². The molecule has 1 amide bonds. The third kappa shape index (κ3) is 4.61. The Morgan fingerprint density at radius 1 is 1.29 bits per heavy atom. The number of nitrogen functional groups attached to an aromatic ring is 1. The van der Waals surface area contributed by atoms with Crippen molar-refractivity contribution in [2.24, 2.45) is 0 Å². The maximum atomic E-state index is 12.0. The van der Waals surface area contributed by atoms with Crippen molar-refractivity contribution in [2.75, 3.05) is 24.1 Å². The molecule has 118 valence electrons. The lowest BCUT2D eigenvalue weighted by Gasteiger charge is -2.17. The Hall–Kier alpha value is -1.80. The molecule has 0 aliphatic rings. The molecular weight excluding hydrogens is 292 g/mol. The molecule has 0 aliphatic carbocycles. The van der Waals surface area contributed by atoms with Crippen molar-refractivity contribution in [3.05, 3.63) is 18.2 Å². The SMILES string of the molecule is CCNC(=O)C(C)Nc1cc(S(=O)(=O)NCC)ccc1N. The third-order valence-electron chi connectivity index (χ3n) is 2.79. The quantitative estimate of drug-likeness (QED) is 0.547. The van der Waals surface area contributed by atoms with Crippen LogP contribution in [0.1, 0.15) is 20.8 Å². The summed E-state index contributed by atoms with van der Waals surface area (Å²) in [6.45, 7) is 6.02. The topological polar surface area (TPSA) is 113 Å². The number of benzene rings is 1. The Balaban J connectivity index is 3.01. The highest BCUT2D eigenvalue weighted by atomic mass is 32.2. The molecule has 0 spiro atoms. The molecule has 1 unspecified atom stereocenters. The molecule has 0 aliphatic heterocycles. The summed E-state index contributed by atoms with van der Waals surface area (Å²) in [5.74, 6) is -0.183. The van der Waals surface area contributed by atoms with Gasteiger partial charge in [0.1, 0.15) is 6.04 Å². The molecule has 1 rings (SSSR count). The molecule has 0 bridgehead atoms. The fourth-order valence-corrected chi connectivity index (χ4v) is 2.79. The average molecular weight is 314 g/mol. The van der Waals surface area contributed by atoms with Gasteiger partial charge in [-0.25, -0.2) is 13.1 Å². The van der Waals surface area contributed by atoms with E-state index in [0.717, 1.165) is 0 Å². The van der Waals surface area contributed by atoms with Crippen LogP contribution in [-0.4, -0.2) is 33.5 Å². The van der Waals surface area contributed by atoms with Crippen LogP contribution in [-0.2, 0) is 14.8 Å². The normalized spacial score (nSPS) is 12.7.